The lowest BCUT2D eigenvalue weighted by Gasteiger charge is -2.04. The molecule has 8 heteroatoms. The Morgan fingerprint density at radius 1 is 1.40 bits per heavy atom. The van der Waals surface area contributed by atoms with E-state index < -0.39 is 10.0 Å². The number of sulfonamides is 1. The number of hydrogen-bond acceptors (Lipinski definition) is 5. The van der Waals surface area contributed by atoms with Crippen LogP contribution in [0.25, 0.3) is 0 Å². The van der Waals surface area contributed by atoms with E-state index in [9.17, 15) is 8.42 Å². The van der Waals surface area contributed by atoms with Gasteiger partial charge in [-0.2, -0.15) is 5.10 Å². The van der Waals surface area contributed by atoms with Crippen molar-refractivity contribution in [1.82, 2.24) is 19.8 Å². The van der Waals surface area contributed by atoms with E-state index >= 15 is 0 Å². The van der Waals surface area contributed by atoms with E-state index in [1.54, 1.807) is 30.1 Å². The molecule has 2 aromatic heterocycles. The standard InChI is InChI=1S/C12H18N4O2S2/c1-9-12(6-11(19-9)8-13-2)20(17,18)14-7-10-4-5-16(3)15-10/h4-6,13-14H,7-8H2,1-3H3. The molecule has 0 spiro atoms. The second-order valence-electron chi connectivity index (χ2n) is 4.47. The fraction of sp³-hybridized carbons (Fsp3) is 0.417. The van der Waals surface area contributed by atoms with Gasteiger partial charge in [-0.3, -0.25) is 4.68 Å². The largest absolute Gasteiger partial charge is 0.315 e. The van der Waals surface area contributed by atoms with E-state index in [0.717, 1.165) is 9.75 Å². The number of hydrogen-bond donors (Lipinski definition) is 2. The predicted octanol–water partition coefficient (Wildman–Crippen LogP) is 0.988. The molecule has 0 saturated heterocycles. The van der Waals surface area contributed by atoms with Crippen LogP contribution in [0.1, 0.15) is 15.4 Å². The Kier molecular flexibility index (Phi) is 4.59. The smallest absolute Gasteiger partial charge is 0.242 e. The minimum atomic E-state index is -3.49. The number of thiophene rings is 1. The van der Waals surface area contributed by atoms with Crippen LogP contribution in [0.5, 0.6) is 0 Å². The van der Waals surface area contributed by atoms with E-state index in [1.165, 1.54) is 11.3 Å². The molecule has 0 aliphatic carbocycles. The highest BCUT2D eigenvalue weighted by Gasteiger charge is 2.19. The van der Waals surface area contributed by atoms with Gasteiger partial charge in [0.15, 0.2) is 0 Å². The quantitative estimate of drug-likeness (QED) is 0.833. The molecular weight excluding hydrogens is 296 g/mol. The maximum Gasteiger partial charge on any atom is 0.242 e. The molecule has 110 valence electrons. The fourth-order valence-electron chi connectivity index (χ4n) is 1.86. The molecule has 0 aromatic carbocycles. The molecule has 0 amide bonds. The summed E-state index contributed by atoms with van der Waals surface area (Å²) in [5.74, 6) is 0. The van der Waals surface area contributed by atoms with Crippen LogP contribution in [0.4, 0.5) is 0 Å². The van der Waals surface area contributed by atoms with Gasteiger partial charge in [-0.1, -0.05) is 0 Å². The Labute approximate surface area is 122 Å². The molecule has 0 atom stereocenters. The summed E-state index contributed by atoms with van der Waals surface area (Å²) in [5, 5.41) is 7.17. The molecule has 2 aromatic rings. The van der Waals surface area contributed by atoms with Crippen molar-refractivity contribution in [3.63, 3.8) is 0 Å². The van der Waals surface area contributed by atoms with Crippen molar-refractivity contribution in [2.45, 2.75) is 24.9 Å². The topological polar surface area (TPSA) is 76.0 Å². The Morgan fingerprint density at radius 2 is 2.15 bits per heavy atom. The van der Waals surface area contributed by atoms with Crippen LogP contribution in [-0.2, 0) is 30.2 Å². The van der Waals surface area contributed by atoms with Gasteiger partial charge in [-0.25, -0.2) is 13.1 Å². The first-order valence-electron chi connectivity index (χ1n) is 6.14. The van der Waals surface area contributed by atoms with Crippen LogP contribution < -0.4 is 10.0 Å². The Balaban J connectivity index is 2.13. The Bertz CT molecular complexity index is 688. The second kappa shape index (κ2) is 6.04. The maximum absolute atomic E-state index is 12.3. The van der Waals surface area contributed by atoms with Gasteiger partial charge >= 0.3 is 0 Å². The molecule has 0 radical (unpaired) electrons. The summed E-state index contributed by atoms with van der Waals surface area (Å²) in [6.45, 7) is 2.68. The SMILES string of the molecule is CNCc1cc(S(=O)(=O)NCc2ccn(C)n2)c(C)s1. The van der Waals surface area contributed by atoms with Crippen LogP contribution in [0.15, 0.2) is 23.2 Å². The zero-order chi connectivity index (χ0) is 14.8. The predicted molar refractivity (Wildman–Crippen MR) is 79.1 cm³/mol. The van der Waals surface area contributed by atoms with E-state index in [-0.39, 0.29) is 6.54 Å². The lowest BCUT2D eigenvalue weighted by Crippen LogP contribution is -2.23. The van der Waals surface area contributed by atoms with Crippen molar-refractivity contribution in [3.05, 3.63) is 33.8 Å². The summed E-state index contributed by atoms with van der Waals surface area (Å²) < 4.78 is 28.8. The van der Waals surface area contributed by atoms with Gasteiger partial charge in [0.05, 0.1) is 17.1 Å². The minimum absolute atomic E-state index is 0.194. The van der Waals surface area contributed by atoms with Crippen LogP contribution in [-0.4, -0.2) is 25.2 Å². The Morgan fingerprint density at radius 3 is 2.75 bits per heavy atom. The van der Waals surface area contributed by atoms with Crippen LogP contribution >= 0.6 is 11.3 Å². The van der Waals surface area contributed by atoms with E-state index in [1.807, 2.05) is 14.0 Å². The average molecular weight is 314 g/mol. The first-order chi connectivity index (χ1) is 9.42. The molecule has 0 fully saturated rings. The van der Waals surface area contributed by atoms with Crippen molar-refractivity contribution in [2.75, 3.05) is 7.05 Å². The number of nitrogens with zero attached hydrogens (tertiary/aromatic N) is 2. The first-order valence-corrected chi connectivity index (χ1v) is 8.44. The summed E-state index contributed by atoms with van der Waals surface area (Å²) in [7, 11) is 0.139. The second-order valence-corrected chi connectivity index (χ2v) is 7.55. The third-order valence-electron chi connectivity index (χ3n) is 2.78. The van der Waals surface area contributed by atoms with Crippen LogP contribution in [0, 0.1) is 6.92 Å². The normalized spacial score (nSPS) is 11.9. The summed E-state index contributed by atoms with van der Waals surface area (Å²) >= 11 is 1.49. The lowest BCUT2D eigenvalue weighted by molar-refractivity contribution is 0.579. The minimum Gasteiger partial charge on any atom is -0.315 e. The highest BCUT2D eigenvalue weighted by atomic mass is 32.2. The summed E-state index contributed by atoms with van der Waals surface area (Å²) in [4.78, 5) is 2.15. The monoisotopic (exact) mass is 314 g/mol. The molecule has 2 heterocycles. The maximum atomic E-state index is 12.3. The lowest BCUT2D eigenvalue weighted by atomic mass is 10.4. The van der Waals surface area contributed by atoms with E-state index in [4.69, 9.17) is 0 Å². The molecule has 20 heavy (non-hydrogen) atoms. The van der Waals surface area contributed by atoms with Crippen molar-refractivity contribution in [3.8, 4) is 0 Å². The van der Waals surface area contributed by atoms with Crippen molar-refractivity contribution >= 4 is 21.4 Å². The van der Waals surface area contributed by atoms with Gasteiger partial charge in [0.1, 0.15) is 0 Å². The zero-order valence-electron chi connectivity index (χ0n) is 11.7. The number of aryl methyl sites for hydroxylation is 2. The van der Waals surface area contributed by atoms with Crippen molar-refractivity contribution < 1.29 is 8.42 Å². The van der Waals surface area contributed by atoms with Gasteiger partial charge in [-0.15, -0.1) is 11.3 Å². The molecule has 0 saturated carbocycles. The number of nitrogens with one attached hydrogen (secondary N) is 2. The average Bonchev–Trinajstić information content (AvgIpc) is 2.94. The van der Waals surface area contributed by atoms with Gasteiger partial charge in [-0.05, 0) is 26.1 Å². The molecule has 0 aliphatic rings. The third kappa shape index (κ3) is 3.45. The molecular formula is C12H18N4O2S2. The molecule has 2 rings (SSSR count). The molecule has 6 nitrogen and oxygen atoms in total. The summed E-state index contributed by atoms with van der Waals surface area (Å²) in [5.41, 5.74) is 0.694. The third-order valence-corrected chi connectivity index (χ3v) is 5.48. The molecule has 0 bridgehead atoms. The van der Waals surface area contributed by atoms with Gasteiger partial charge in [0, 0.05) is 29.5 Å². The molecule has 0 unspecified atom stereocenters. The van der Waals surface area contributed by atoms with E-state index in [0.29, 0.717) is 17.1 Å². The summed E-state index contributed by atoms with van der Waals surface area (Å²) in [6.07, 6.45) is 1.78. The summed E-state index contributed by atoms with van der Waals surface area (Å²) in [6, 6.07) is 3.51. The van der Waals surface area contributed by atoms with Gasteiger partial charge in [0.25, 0.3) is 0 Å². The van der Waals surface area contributed by atoms with Gasteiger partial charge in [0.2, 0.25) is 10.0 Å². The molecule has 2 N–H and O–H groups in total. The number of rotatable bonds is 6. The van der Waals surface area contributed by atoms with Crippen LogP contribution in [0.2, 0.25) is 0 Å². The van der Waals surface area contributed by atoms with E-state index in [2.05, 4.69) is 15.1 Å². The number of aromatic nitrogens is 2. The zero-order valence-corrected chi connectivity index (χ0v) is 13.3. The van der Waals surface area contributed by atoms with Crippen LogP contribution in [0.3, 0.4) is 0 Å². The first kappa shape index (κ1) is 15.2. The van der Waals surface area contributed by atoms with Crippen molar-refractivity contribution in [2.24, 2.45) is 7.05 Å². The fourth-order valence-corrected chi connectivity index (χ4v) is 4.50. The van der Waals surface area contributed by atoms with Crippen molar-refractivity contribution in [1.29, 1.82) is 0 Å². The highest BCUT2D eigenvalue weighted by Crippen LogP contribution is 2.25. The highest BCUT2D eigenvalue weighted by molar-refractivity contribution is 7.89. The Hall–Kier alpha value is -1.22. The molecule has 0 aliphatic heterocycles. The van der Waals surface area contributed by atoms with Gasteiger partial charge < -0.3 is 5.32 Å².